The number of hydrogen-bond acceptors (Lipinski definition) is 3. The predicted octanol–water partition coefficient (Wildman–Crippen LogP) is 1.34. The van der Waals surface area contributed by atoms with Crippen LogP contribution in [0.4, 0.5) is 4.79 Å². The van der Waals surface area contributed by atoms with Crippen LogP contribution in [0, 0.1) is 5.92 Å². The molecule has 0 bridgehead atoms. The highest BCUT2D eigenvalue weighted by molar-refractivity contribution is 7.99. The maximum absolute atomic E-state index is 12.1. The molecular weight excluding hydrogens is 252 g/mol. The Morgan fingerprint density at radius 3 is 2.50 bits per heavy atom. The molecule has 2 saturated heterocycles. The summed E-state index contributed by atoms with van der Waals surface area (Å²) in [6.45, 7) is 2.36. The number of nitrogens with zero attached hydrogens (tertiary/aromatic N) is 2. The van der Waals surface area contributed by atoms with Crippen LogP contribution in [0.5, 0.6) is 0 Å². The lowest BCUT2D eigenvalue weighted by Gasteiger charge is -2.39. The van der Waals surface area contributed by atoms with Crippen LogP contribution in [0.3, 0.4) is 0 Å². The van der Waals surface area contributed by atoms with Crippen molar-refractivity contribution in [1.82, 2.24) is 9.80 Å². The number of rotatable bonds is 2. The van der Waals surface area contributed by atoms with Gasteiger partial charge in [0.2, 0.25) is 0 Å². The molecule has 2 rings (SSSR count). The van der Waals surface area contributed by atoms with Crippen LogP contribution in [0.1, 0.15) is 19.3 Å². The molecule has 5 nitrogen and oxygen atoms in total. The first-order valence-electron chi connectivity index (χ1n) is 6.41. The summed E-state index contributed by atoms with van der Waals surface area (Å²) < 4.78 is 0. The Morgan fingerprint density at radius 1 is 1.17 bits per heavy atom. The smallest absolute Gasteiger partial charge is 0.320 e. The summed E-state index contributed by atoms with van der Waals surface area (Å²) in [7, 11) is 0. The number of thioether (sulfide) groups is 1. The molecule has 0 spiro atoms. The zero-order valence-electron chi connectivity index (χ0n) is 10.7. The Labute approximate surface area is 112 Å². The van der Waals surface area contributed by atoms with Crippen molar-refractivity contribution in [3.63, 3.8) is 0 Å². The first kappa shape index (κ1) is 13.5. The lowest BCUT2D eigenvalue weighted by Crippen LogP contribution is -2.57. The van der Waals surface area contributed by atoms with E-state index in [2.05, 4.69) is 6.26 Å². The van der Waals surface area contributed by atoms with Gasteiger partial charge in [-0.05, 0) is 25.5 Å². The average Bonchev–Trinajstić information content (AvgIpc) is 2.51. The van der Waals surface area contributed by atoms with Crippen molar-refractivity contribution < 1.29 is 14.7 Å². The van der Waals surface area contributed by atoms with E-state index in [1.54, 1.807) is 4.90 Å². The topological polar surface area (TPSA) is 60.9 Å². The number of carboxylic acids is 1. The van der Waals surface area contributed by atoms with Gasteiger partial charge < -0.3 is 14.9 Å². The van der Waals surface area contributed by atoms with Gasteiger partial charge in [-0.15, -0.1) is 0 Å². The molecule has 2 amide bonds. The summed E-state index contributed by atoms with van der Waals surface area (Å²) in [6, 6.07) is 0.0225. The van der Waals surface area contributed by atoms with Crippen LogP contribution in [0.15, 0.2) is 0 Å². The Morgan fingerprint density at radius 2 is 1.89 bits per heavy atom. The number of urea groups is 1. The molecule has 0 aromatic heterocycles. The van der Waals surface area contributed by atoms with E-state index in [1.807, 2.05) is 16.7 Å². The minimum Gasteiger partial charge on any atom is -0.481 e. The molecular formula is C12H20N2O3S. The van der Waals surface area contributed by atoms with E-state index in [9.17, 15) is 9.59 Å². The van der Waals surface area contributed by atoms with Gasteiger partial charge in [0.1, 0.15) is 0 Å². The summed E-state index contributed by atoms with van der Waals surface area (Å²) in [6.07, 6.45) is 5.38. The molecule has 2 aliphatic heterocycles. The minimum atomic E-state index is -0.794. The fourth-order valence-electron chi connectivity index (χ4n) is 2.48. The maximum atomic E-state index is 12.1. The third-order valence-electron chi connectivity index (χ3n) is 3.78. The molecule has 0 aliphatic carbocycles. The van der Waals surface area contributed by atoms with Crippen LogP contribution in [-0.4, -0.2) is 64.6 Å². The highest BCUT2D eigenvalue weighted by Crippen LogP contribution is 2.23. The summed E-state index contributed by atoms with van der Waals surface area (Å²) in [4.78, 5) is 26.4. The highest BCUT2D eigenvalue weighted by Gasteiger charge is 2.37. The fourth-order valence-corrected chi connectivity index (χ4v) is 3.23. The fraction of sp³-hybridized carbons (Fsp3) is 0.833. The largest absolute Gasteiger partial charge is 0.481 e. The molecule has 1 N–H and O–H groups in total. The molecule has 2 aliphatic rings. The monoisotopic (exact) mass is 272 g/mol. The summed E-state index contributed by atoms with van der Waals surface area (Å²) in [5, 5.41) is 9.46. The molecule has 0 saturated carbocycles. The van der Waals surface area contributed by atoms with E-state index in [0.29, 0.717) is 18.3 Å². The van der Waals surface area contributed by atoms with E-state index in [4.69, 9.17) is 5.11 Å². The van der Waals surface area contributed by atoms with Gasteiger partial charge >= 0.3 is 12.0 Å². The number of carbonyl (C=O) groups is 2. The highest BCUT2D eigenvalue weighted by atomic mass is 32.2. The van der Waals surface area contributed by atoms with E-state index in [-0.39, 0.29) is 11.9 Å². The van der Waals surface area contributed by atoms with Crippen LogP contribution < -0.4 is 0 Å². The minimum absolute atomic E-state index is 0.0225. The molecule has 2 fully saturated rings. The first-order valence-corrected chi connectivity index (χ1v) is 7.70. The molecule has 1 unspecified atom stereocenters. The van der Waals surface area contributed by atoms with Gasteiger partial charge in [-0.3, -0.25) is 4.79 Å². The molecule has 2 heterocycles. The van der Waals surface area contributed by atoms with Crippen molar-refractivity contribution in [3.05, 3.63) is 0 Å². The number of carbonyl (C=O) groups excluding carboxylic acids is 1. The lowest BCUT2D eigenvalue weighted by atomic mass is 10.0. The number of carboxylic acid groups (broad SMARTS) is 1. The second kappa shape index (κ2) is 5.82. The van der Waals surface area contributed by atoms with Gasteiger partial charge in [0.25, 0.3) is 0 Å². The second-order valence-corrected chi connectivity index (χ2v) is 6.14. The molecule has 0 radical (unpaired) electrons. The van der Waals surface area contributed by atoms with E-state index in [0.717, 1.165) is 25.9 Å². The Bertz CT molecular complexity index is 331. The standard InChI is InChI=1S/C12H20N2O3S/c1-18-10-3-2-5-13(6-4-10)12(17)14-7-9(8-14)11(15)16/h9-10H,2-8H2,1H3,(H,15,16). The van der Waals surface area contributed by atoms with Crippen molar-refractivity contribution in [2.45, 2.75) is 24.5 Å². The second-order valence-electron chi connectivity index (χ2n) is 5.00. The van der Waals surface area contributed by atoms with E-state index >= 15 is 0 Å². The molecule has 102 valence electrons. The Balaban J connectivity index is 1.81. The molecule has 1 atom stereocenters. The molecule has 18 heavy (non-hydrogen) atoms. The van der Waals surface area contributed by atoms with Crippen molar-refractivity contribution >= 4 is 23.8 Å². The SMILES string of the molecule is CSC1CCCN(C(=O)N2CC(C(=O)O)C2)CC1. The first-order chi connectivity index (χ1) is 8.61. The number of amides is 2. The quantitative estimate of drug-likeness (QED) is 0.824. The van der Waals surface area contributed by atoms with Gasteiger partial charge in [-0.25, -0.2) is 4.79 Å². The molecule has 0 aromatic rings. The third-order valence-corrected chi connectivity index (χ3v) is 4.92. The maximum Gasteiger partial charge on any atom is 0.320 e. The van der Waals surface area contributed by atoms with Crippen molar-refractivity contribution in [1.29, 1.82) is 0 Å². The number of aliphatic carboxylic acids is 1. The van der Waals surface area contributed by atoms with Gasteiger partial charge in [-0.1, -0.05) is 0 Å². The lowest BCUT2D eigenvalue weighted by molar-refractivity contribution is -0.146. The van der Waals surface area contributed by atoms with E-state index in [1.165, 1.54) is 6.42 Å². The Hall–Kier alpha value is -0.910. The van der Waals surface area contributed by atoms with Gasteiger partial charge in [0, 0.05) is 31.4 Å². The van der Waals surface area contributed by atoms with Crippen LogP contribution in [-0.2, 0) is 4.79 Å². The zero-order chi connectivity index (χ0) is 13.1. The van der Waals surface area contributed by atoms with Crippen LogP contribution in [0.2, 0.25) is 0 Å². The predicted molar refractivity (Wildman–Crippen MR) is 70.8 cm³/mol. The van der Waals surface area contributed by atoms with Gasteiger partial charge in [0.05, 0.1) is 5.92 Å². The van der Waals surface area contributed by atoms with E-state index < -0.39 is 5.97 Å². The summed E-state index contributed by atoms with van der Waals surface area (Å²) in [5.74, 6) is -1.16. The zero-order valence-corrected chi connectivity index (χ0v) is 11.5. The van der Waals surface area contributed by atoms with Gasteiger partial charge in [-0.2, -0.15) is 11.8 Å². The molecule has 6 heteroatoms. The normalized spacial score (nSPS) is 25.5. The van der Waals surface area contributed by atoms with Crippen LogP contribution in [0.25, 0.3) is 0 Å². The van der Waals surface area contributed by atoms with Crippen molar-refractivity contribution in [3.8, 4) is 0 Å². The summed E-state index contributed by atoms with van der Waals surface area (Å²) in [5.41, 5.74) is 0. The number of hydrogen-bond donors (Lipinski definition) is 1. The van der Waals surface area contributed by atoms with Crippen molar-refractivity contribution in [2.24, 2.45) is 5.92 Å². The Kier molecular flexibility index (Phi) is 4.37. The van der Waals surface area contributed by atoms with Crippen molar-refractivity contribution in [2.75, 3.05) is 32.4 Å². The number of likely N-dealkylation sites (tertiary alicyclic amines) is 2. The van der Waals surface area contributed by atoms with Crippen LogP contribution >= 0.6 is 11.8 Å². The third kappa shape index (κ3) is 2.91. The average molecular weight is 272 g/mol. The van der Waals surface area contributed by atoms with Gasteiger partial charge in [0.15, 0.2) is 0 Å². The summed E-state index contributed by atoms with van der Waals surface area (Å²) >= 11 is 1.88. The molecule has 0 aromatic carbocycles.